The van der Waals surface area contributed by atoms with E-state index in [2.05, 4.69) is 0 Å². The molecule has 70 valence electrons. The monoisotopic (exact) mass is 200 g/mol. The third-order valence-corrected chi connectivity index (χ3v) is 2.78. The molecule has 0 amide bonds. The van der Waals surface area contributed by atoms with Crippen LogP contribution in [-0.2, 0) is 5.60 Å². The third-order valence-electron chi connectivity index (χ3n) is 2.49. The van der Waals surface area contributed by atoms with Crippen LogP contribution in [0.1, 0.15) is 24.0 Å². The molecule has 1 N–H and O–H groups in total. The van der Waals surface area contributed by atoms with Crippen molar-refractivity contribution in [2.75, 3.05) is 0 Å². The molecule has 1 aromatic rings. The minimum Gasteiger partial charge on any atom is -0.385 e. The van der Waals surface area contributed by atoms with Crippen LogP contribution in [0.2, 0.25) is 5.02 Å². The van der Waals surface area contributed by atoms with E-state index in [9.17, 15) is 9.50 Å². The van der Waals surface area contributed by atoms with Crippen LogP contribution >= 0.6 is 11.6 Å². The van der Waals surface area contributed by atoms with Gasteiger partial charge in [-0.15, -0.1) is 0 Å². The summed E-state index contributed by atoms with van der Waals surface area (Å²) in [5.41, 5.74) is 0.794. The van der Waals surface area contributed by atoms with Crippen molar-refractivity contribution in [3.05, 3.63) is 34.1 Å². The van der Waals surface area contributed by atoms with Crippen LogP contribution in [0.5, 0.6) is 0 Å². The van der Waals surface area contributed by atoms with Gasteiger partial charge in [-0.3, -0.25) is 0 Å². The van der Waals surface area contributed by atoms with Gasteiger partial charge in [0.05, 0.1) is 10.6 Å². The Kier molecular flexibility index (Phi) is 1.86. The number of hydrogen-bond donors (Lipinski definition) is 1. The highest BCUT2D eigenvalue weighted by atomic mass is 35.5. The van der Waals surface area contributed by atoms with Crippen LogP contribution in [0.25, 0.3) is 0 Å². The Morgan fingerprint density at radius 2 is 2.08 bits per heavy atom. The largest absolute Gasteiger partial charge is 0.385 e. The van der Waals surface area contributed by atoms with E-state index in [0.717, 1.165) is 24.0 Å². The molecule has 3 heteroatoms. The maximum absolute atomic E-state index is 13.0. The summed E-state index contributed by atoms with van der Waals surface area (Å²) in [4.78, 5) is 0. The van der Waals surface area contributed by atoms with Crippen LogP contribution < -0.4 is 0 Å². The van der Waals surface area contributed by atoms with E-state index in [1.807, 2.05) is 0 Å². The lowest BCUT2D eigenvalue weighted by Crippen LogP contribution is -2.07. The van der Waals surface area contributed by atoms with Gasteiger partial charge >= 0.3 is 0 Å². The van der Waals surface area contributed by atoms with E-state index in [1.165, 1.54) is 12.1 Å². The van der Waals surface area contributed by atoms with Crippen molar-refractivity contribution >= 4 is 11.6 Å². The highest BCUT2D eigenvalue weighted by molar-refractivity contribution is 6.30. The van der Waals surface area contributed by atoms with Gasteiger partial charge in [0.2, 0.25) is 0 Å². The summed E-state index contributed by atoms with van der Waals surface area (Å²) in [6, 6.07) is 2.90. The lowest BCUT2D eigenvalue weighted by molar-refractivity contribution is 0.150. The quantitative estimate of drug-likeness (QED) is 0.739. The summed E-state index contributed by atoms with van der Waals surface area (Å²) in [5, 5.41) is 9.90. The molecule has 1 saturated carbocycles. The normalized spacial score (nSPS) is 18.8. The van der Waals surface area contributed by atoms with Gasteiger partial charge in [-0.1, -0.05) is 11.6 Å². The van der Waals surface area contributed by atoms with Crippen LogP contribution in [0, 0.1) is 12.7 Å². The Morgan fingerprint density at radius 1 is 1.46 bits per heavy atom. The Bertz CT molecular complexity index is 358. The second-order valence-electron chi connectivity index (χ2n) is 3.61. The minimum absolute atomic E-state index is 0.0842. The first-order valence-electron chi connectivity index (χ1n) is 4.21. The zero-order chi connectivity index (χ0) is 9.64. The van der Waals surface area contributed by atoms with Crippen LogP contribution in [0.15, 0.2) is 12.1 Å². The minimum atomic E-state index is -0.735. The Balaban J connectivity index is 2.52. The standard InChI is InChI=1S/C10H10ClFO/c1-6-4-9(12)8(11)5-7(6)10(13)2-3-10/h4-5,13H,2-3H2,1H3. The van der Waals surface area contributed by atoms with Crippen molar-refractivity contribution < 1.29 is 9.50 Å². The molecule has 0 heterocycles. The molecule has 0 aromatic heterocycles. The number of benzene rings is 1. The SMILES string of the molecule is Cc1cc(F)c(Cl)cc1C1(O)CC1. The van der Waals surface area contributed by atoms with Gasteiger partial charge in [-0.2, -0.15) is 0 Å². The average Bonchev–Trinajstić information content (AvgIpc) is 2.77. The molecule has 0 saturated heterocycles. The average molecular weight is 201 g/mol. The smallest absolute Gasteiger partial charge is 0.142 e. The van der Waals surface area contributed by atoms with Gasteiger partial charge < -0.3 is 5.11 Å². The van der Waals surface area contributed by atoms with E-state index >= 15 is 0 Å². The molecular formula is C10H10ClFO. The zero-order valence-electron chi connectivity index (χ0n) is 7.27. The van der Waals surface area contributed by atoms with Gasteiger partial charge in [-0.25, -0.2) is 4.39 Å². The summed E-state index contributed by atoms with van der Waals surface area (Å²) in [7, 11) is 0. The molecule has 0 spiro atoms. The second-order valence-corrected chi connectivity index (χ2v) is 4.02. The van der Waals surface area contributed by atoms with Gasteiger partial charge in [0, 0.05) is 0 Å². The van der Waals surface area contributed by atoms with E-state index < -0.39 is 11.4 Å². The fourth-order valence-corrected chi connectivity index (χ4v) is 1.70. The number of hydrogen-bond acceptors (Lipinski definition) is 1. The molecule has 13 heavy (non-hydrogen) atoms. The summed E-state index contributed by atoms with van der Waals surface area (Å²) in [6.45, 7) is 1.78. The molecule has 0 atom stereocenters. The van der Waals surface area contributed by atoms with Crippen LogP contribution in [-0.4, -0.2) is 5.11 Å². The van der Waals surface area contributed by atoms with Crippen molar-refractivity contribution in [3.8, 4) is 0 Å². The maximum atomic E-state index is 13.0. The van der Waals surface area contributed by atoms with Crippen molar-refractivity contribution in [1.82, 2.24) is 0 Å². The molecule has 1 aliphatic rings. The van der Waals surface area contributed by atoms with E-state index in [-0.39, 0.29) is 5.02 Å². The highest BCUT2D eigenvalue weighted by Crippen LogP contribution is 2.47. The molecular weight excluding hydrogens is 191 g/mol. The van der Waals surface area contributed by atoms with Gasteiger partial charge in [0.1, 0.15) is 5.82 Å². The molecule has 1 fully saturated rings. The first-order chi connectivity index (χ1) is 6.03. The fraction of sp³-hybridized carbons (Fsp3) is 0.400. The van der Waals surface area contributed by atoms with Gasteiger partial charge in [0.25, 0.3) is 0 Å². The maximum Gasteiger partial charge on any atom is 0.142 e. The predicted octanol–water partition coefficient (Wildman–Crippen LogP) is 2.77. The van der Waals surface area contributed by atoms with Crippen molar-refractivity contribution in [2.24, 2.45) is 0 Å². The summed E-state index contributed by atoms with van der Waals surface area (Å²) >= 11 is 5.63. The molecule has 1 aliphatic carbocycles. The van der Waals surface area contributed by atoms with Crippen molar-refractivity contribution in [1.29, 1.82) is 0 Å². The lowest BCUT2D eigenvalue weighted by atomic mass is 10.0. The second kappa shape index (κ2) is 2.69. The van der Waals surface area contributed by atoms with Crippen LogP contribution in [0.3, 0.4) is 0 Å². The third kappa shape index (κ3) is 1.45. The van der Waals surface area contributed by atoms with Crippen LogP contribution in [0.4, 0.5) is 4.39 Å². The first-order valence-corrected chi connectivity index (χ1v) is 4.59. The number of aryl methyl sites for hydroxylation is 1. The molecule has 0 bridgehead atoms. The molecule has 2 rings (SSSR count). The number of halogens is 2. The Labute approximate surface area is 81.1 Å². The number of rotatable bonds is 1. The fourth-order valence-electron chi connectivity index (χ4n) is 1.54. The van der Waals surface area contributed by atoms with E-state index in [4.69, 9.17) is 11.6 Å². The van der Waals surface area contributed by atoms with Crippen molar-refractivity contribution in [3.63, 3.8) is 0 Å². The summed E-state index contributed by atoms with van der Waals surface area (Å²) in [5.74, 6) is -0.424. The Morgan fingerprint density at radius 3 is 2.62 bits per heavy atom. The van der Waals surface area contributed by atoms with Gasteiger partial charge in [0.15, 0.2) is 0 Å². The molecule has 0 radical (unpaired) electrons. The Hall–Kier alpha value is -0.600. The molecule has 1 nitrogen and oxygen atoms in total. The zero-order valence-corrected chi connectivity index (χ0v) is 8.03. The molecule has 0 unspecified atom stereocenters. The van der Waals surface area contributed by atoms with E-state index in [1.54, 1.807) is 6.92 Å². The van der Waals surface area contributed by atoms with Crippen molar-refractivity contribution in [2.45, 2.75) is 25.4 Å². The topological polar surface area (TPSA) is 20.2 Å². The highest BCUT2D eigenvalue weighted by Gasteiger charge is 2.43. The first kappa shape index (κ1) is 8.97. The predicted molar refractivity (Wildman–Crippen MR) is 49.3 cm³/mol. The lowest BCUT2D eigenvalue weighted by Gasteiger charge is -2.12. The molecule has 1 aromatic carbocycles. The summed E-state index contributed by atoms with van der Waals surface area (Å²) < 4.78 is 13.0. The van der Waals surface area contributed by atoms with E-state index in [0.29, 0.717) is 0 Å². The van der Waals surface area contributed by atoms with Gasteiger partial charge in [-0.05, 0) is 43.0 Å². The number of aliphatic hydroxyl groups is 1. The molecule has 0 aliphatic heterocycles. The summed E-state index contributed by atoms with van der Waals surface area (Å²) in [6.07, 6.45) is 1.49.